The van der Waals surface area contributed by atoms with Crippen LogP contribution in [-0.4, -0.2) is 33.9 Å². The number of aromatic amines is 1. The van der Waals surface area contributed by atoms with Crippen LogP contribution < -0.4 is 10.3 Å². The van der Waals surface area contributed by atoms with Crippen molar-refractivity contribution in [3.63, 3.8) is 0 Å². The number of rotatable bonds is 6. The third-order valence-electron chi connectivity index (χ3n) is 3.97. The van der Waals surface area contributed by atoms with Gasteiger partial charge < -0.3 is 14.6 Å². The van der Waals surface area contributed by atoms with Crippen molar-refractivity contribution in [2.45, 2.75) is 13.5 Å². The molecular formula is C19H17ClFN3O3. The first-order chi connectivity index (χ1) is 13.0. The second kappa shape index (κ2) is 8.18. The number of likely N-dealkylation sites (N-methyl/N-ethyl adjacent to an activating group) is 1. The van der Waals surface area contributed by atoms with Gasteiger partial charge in [-0.2, -0.15) is 0 Å². The molecular weight excluding hydrogens is 373 g/mol. The summed E-state index contributed by atoms with van der Waals surface area (Å²) in [6.45, 7) is 2.14. The van der Waals surface area contributed by atoms with Crippen molar-refractivity contribution in [2.24, 2.45) is 0 Å². The van der Waals surface area contributed by atoms with E-state index in [1.54, 1.807) is 18.2 Å². The molecule has 0 atom stereocenters. The SMILES string of the molecule is CCN(Cc1nc2cc(Cl)ccc2c(=O)[nH]1)C(=O)COc1ccc(F)cc1. The molecule has 3 aromatic rings. The molecule has 3 rings (SSSR count). The number of hydrogen-bond acceptors (Lipinski definition) is 4. The number of fused-ring (bicyclic) bond motifs is 1. The fraction of sp³-hybridized carbons (Fsp3) is 0.211. The average Bonchev–Trinajstić information content (AvgIpc) is 2.65. The monoisotopic (exact) mass is 389 g/mol. The molecule has 1 aromatic heterocycles. The third kappa shape index (κ3) is 4.62. The highest BCUT2D eigenvalue weighted by molar-refractivity contribution is 6.31. The van der Waals surface area contributed by atoms with Crippen LogP contribution in [0.15, 0.2) is 47.3 Å². The lowest BCUT2D eigenvalue weighted by Gasteiger charge is -2.20. The van der Waals surface area contributed by atoms with E-state index in [1.807, 2.05) is 6.92 Å². The lowest BCUT2D eigenvalue weighted by molar-refractivity contribution is -0.133. The molecule has 2 aromatic carbocycles. The van der Waals surface area contributed by atoms with Gasteiger partial charge in [0, 0.05) is 11.6 Å². The zero-order chi connectivity index (χ0) is 19.4. The molecule has 6 nitrogen and oxygen atoms in total. The van der Waals surface area contributed by atoms with E-state index < -0.39 is 0 Å². The van der Waals surface area contributed by atoms with Crippen molar-refractivity contribution >= 4 is 28.4 Å². The Bertz CT molecular complexity index is 1020. The first kappa shape index (κ1) is 18.8. The van der Waals surface area contributed by atoms with Crippen LogP contribution in [0.4, 0.5) is 4.39 Å². The van der Waals surface area contributed by atoms with Crippen LogP contribution in [0.1, 0.15) is 12.7 Å². The molecule has 1 heterocycles. The molecule has 0 saturated heterocycles. The van der Waals surface area contributed by atoms with Crippen molar-refractivity contribution in [3.8, 4) is 5.75 Å². The van der Waals surface area contributed by atoms with E-state index in [-0.39, 0.29) is 30.4 Å². The van der Waals surface area contributed by atoms with Gasteiger partial charge in [-0.15, -0.1) is 0 Å². The van der Waals surface area contributed by atoms with Gasteiger partial charge in [0.25, 0.3) is 11.5 Å². The molecule has 0 aliphatic rings. The first-order valence-corrected chi connectivity index (χ1v) is 8.68. The van der Waals surface area contributed by atoms with Gasteiger partial charge in [-0.25, -0.2) is 9.37 Å². The first-order valence-electron chi connectivity index (χ1n) is 8.31. The molecule has 0 spiro atoms. The quantitative estimate of drug-likeness (QED) is 0.702. The fourth-order valence-corrected chi connectivity index (χ4v) is 2.73. The number of amides is 1. The van der Waals surface area contributed by atoms with Gasteiger partial charge in [0.2, 0.25) is 0 Å². The Labute approximate surface area is 159 Å². The molecule has 0 aliphatic heterocycles. The smallest absolute Gasteiger partial charge is 0.260 e. The zero-order valence-corrected chi connectivity index (χ0v) is 15.3. The summed E-state index contributed by atoms with van der Waals surface area (Å²) in [7, 11) is 0. The Balaban J connectivity index is 1.72. The molecule has 0 unspecified atom stereocenters. The molecule has 27 heavy (non-hydrogen) atoms. The second-order valence-electron chi connectivity index (χ2n) is 5.82. The van der Waals surface area contributed by atoms with E-state index >= 15 is 0 Å². The standard InChI is InChI=1S/C19H17ClFN3O3/c1-2-24(18(25)11-27-14-6-4-13(21)5-7-14)10-17-22-16-9-12(20)3-8-15(16)19(26)23-17/h3-9H,2,10-11H2,1H3,(H,22,23,26). The predicted octanol–water partition coefficient (Wildman–Crippen LogP) is 3.14. The highest BCUT2D eigenvalue weighted by Crippen LogP contribution is 2.15. The summed E-state index contributed by atoms with van der Waals surface area (Å²) < 4.78 is 18.3. The van der Waals surface area contributed by atoms with Crippen LogP contribution >= 0.6 is 11.6 Å². The van der Waals surface area contributed by atoms with Crippen molar-refractivity contribution < 1.29 is 13.9 Å². The van der Waals surface area contributed by atoms with E-state index in [1.165, 1.54) is 29.2 Å². The number of hydrogen-bond donors (Lipinski definition) is 1. The predicted molar refractivity (Wildman–Crippen MR) is 100 cm³/mol. The largest absolute Gasteiger partial charge is 0.484 e. The minimum Gasteiger partial charge on any atom is -0.484 e. The molecule has 0 aliphatic carbocycles. The van der Waals surface area contributed by atoms with Gasteiger partial charge in [0.15, 0.2) is 6.61 Å². The summed E-state index contributed by atoms with van der Waals surface area (Å²) in [6.07, 6.45) is 0. The van der Waals surface area contributed by atoms with Gasteiger partial charge in [0.1, 0.15) is 17.4 Å². The summed E-state index contributed by atoms with van der Waals surface area (Å²) in [5, 5.41) is 0.903. The van der Waals surface area contributed by atoms with Gasteiger partial charge in [-0.05, 0) is 49.4 Å². The second-order valence-corrected chi connectivity index (χ2v) is 6.26. The lowest BCUT2D eigenvalue weighted by atomic mass is 10.2. The molecule has 0 saturated carbocycles. The van der Waals surface area contributed by atoms with Gasteiger partial charge in [0.05, 0.1) is 17.4 Å². The molecule has 8 heteroatoms. The number of nitrogens with one attached hydrogen (secondary N) is 1. The number of aromatic nitrogens is 2. The molecule has 0 bridgehead atoms. The van der Waals surface area contributed by atoms with Crippen LogP contribution in [0, 0.1) is 5.82 Å². The topological polar surface area (TPSA) is 75.3 Å². The molecule has 140 valence electrons. The molecule has 0 fully saturated rings. The van der Waals surface area contributed by atoms with E-state index in [0.717, 1.165) is 0 Å². The van der Waals surface area contributed by atoms with Gasteiger partial charge in [-0.3, -0.25) is 9.59 Å². The van der Waals surface area contributed by atoms with Crippen molar-refractivity contribution in [3.05, 3.63) is 69.5 Å². The van der Waals surface area contributed by atoms with Crippen LogP contribution in [0.3, 0.4) is 0 Å². The van der Waals surface area contributed by atoms with E-state index in [0.29, 0.717) is 34.0 Å². The highest BCUT2D eigenvalue weighted by Gasteiger charge is 2.15. The number of ether oxygens (including phenoxy) is 1. The number of halogens is 2. The summed E-state index contributed by atoms with van der Waals surface area (Å²) in [4.78, 5) is 33.2. The number of carbonyl (C=O) groups is 1. The Kier molecular flexibility index (Phi) is 5.71. The maximum Gasteiger partial charge on any atom is 0.260 e. The Morgan fingerprint density at radius 2 is 2.00 bits per heavy atom. The Morgan fingerprint density at radius 1 is 1.26 bits per heavy atom. The van der Waals surface area contributed by atoms with Gasteiger partial charge >= 0.3 is 0 Å². The number of H-pyrrole nitrogens is 1. The third-order valence-corrected chi connectivity index (χ3v) is 4.20. The fourth-order valence-electron chi connectivity index (χ4n) is 2.56. The maximum absolute atomic E-state index is 12.9. The van der Waals surface area contributed by atoms with Crippen LogP contribution in [0.2, 0.25) is 5.02 Å². The molecule has 1 N–H and O–H groups in total. The van der Waals surface area contributed by atoms with Crippen molar-refractivity contribution in [1.82, 2.24) is 14.9 Å². The number of nitrogens with zero attached hydrogens (tertiary/aromatic N) is 2. The molecule has 0 radical (unpaired) electrons. The summed E-state index contributed by atoms with van der Waals surface area (Å²) in [6, 6.07) is 10.2. The van der Waals surface area contributed by atoms with Crippen LogP contribution in [0.5, 0.6) is 5.75 Å². The summed E-state index contributed by atoms with van der Waals surface area (Å²) in [5.74, 6) is 0.0883. The number of carbonyl (C=O) groups excluding carboxylic acids is 1. The average molecular weight is 390 g/mol. The van der Waals surface area contributed by atoms with Crippen LogP contribution in [0.25, 0.3) is 10.9 Å². The van der Waals surface area contributed by atoms with Crippen LogP contribution in [-0.2, 0) is 11.3 Å². The van der Waals surface area contributed by atoms with Gasteiger partial charge in [-0.1, -0.05) is 11.6 Å². The lowest BCUT2D eigenvalue weighted by Crippen LogP contribution is -2.35. The normalized spacial score (nSPS) is 10.8. The zero-order valence-electron chi connectivity index (χ0n) is 14.5. The highest BCUT2D eigenvalue weighted by atomic mass is 35.5. The van der Waals surface area contributed by atoms with Crippen molar-refractivity contribution in [1.29, 1.82) is 0 Å². The van der Waals surface area contributed by atoms with Crippen molar-refractivity contribution in [2.75, 3.05) is 13.2 Å². The summed E-state index contributed by atoms with van der Waals surface area (Å²) in [5.41, 5.74) is 0.171. The Morgan fingerprint density at radius 3 is 2.70 bits per heavy atom. The minimum absolute atomic E-state index is 0.125. The van der Waals surface area contributed by atoms with E-state index in [2.05, 4.69) is 9.97 Å². The van der Waals surface area contributed by atoms with E-state index in [4.69, 9.17) is 16.3 Å². The molecule has 1 amide bonds. The van der Waals surface area contributed by atoms with E-state index in [9.17, 15) is 14.0 Å². The summed E-state index contributed by atoms with van der Waals surface area (Å²) >= 11 is 5.96. The minimum atomic E-state index is -0.379. The maximum atomic E-state index is 12.9. The Hall–Kier alpha value is -2.93. The number of benzene rings is 2.